The fourth-order valence-corrected chi connectivity index (χ4v) is 5.28. The molecule has 2 aromatic carbocycles. The van der Waals surface area contributed by atoms with Gasteiger partial charge in [0.15, 0.2) is 11.6 Å². The van der Waals surface area contributed by atoms with Crippen molar-refractivity contribution >= 4 is 49.1 Å². The largest absolute Gasteiger partial charge is 0.505 e. The van der Waals surface area contributed by atoms with Gasteiger partial charge in [-0.3, -0.25) is 9.52 Å². The van der Waals surface area contributed by atoms with E-state index in [-0.39, 0.29) is 28.2 Å². The van der Waals surface area contributed by atoms with E-state index >= 15 is 4.39 Å². The number of phenols is 1. The molecule has 0 bridgehead atoms. The molecular weight excluding hydrogens is 503 g/mol. The minimum atomic E-state index is -4.40. The predicted molar refractivity (Wildman–Crippen MR) is 112 cm³/mol. The smallest absolute Gasteiger partial charge is 0.265 e. The van der Waals surface area contributed by atoms with Gasteiger partial charge in [0.05, 0.1) is 35.5 Å². The Morgan fingerprint density at radius 2 is 1.93 bits per heavy atom. The van der Waals surface area contributed by atoms with Crippen molar-refractivity contribution in [2.75, 3.05) is 17.9 Å². The molecule has 1 saturated heterocycles. The molecule has 7 nitrogen and oxygen atoms in total. The molecule has 1 saturated carbocycles. The van der Waals surface area contributed by atoms with Gasteiger partial charge in [-0.15, -0.1) is 0 Å². The van der Waals surface area contributed by atoms with Crippen LogP contribution < -0.4 is 10.0 Å². The molecule has 1 aliphatic carbocycles. The van der Waals surface area contributed by atoms with E-state index in [1.165, 1.54) is 18.2 Å². The van der Waals surface area contributed by atoms with Gasteiger partial charge in [-0.2, -0.15) is 0 Å². The number of amides is 1. The van der Waals surface area contributed by atoms with Crippen molar-refractivity contribution < 1.29 is 27.4 Å². The average Bonchev–Trinajstić information content (AvgIpc) is 3.47. The zero-order chi connectivity index (χ0) is 21.6. The van der Waals surface area contributed by atoms with E-state index in [1.807, 2.05) is 0 Å². The van der Waals surface area contributed by atoms with E-state index in [2.05, 4.69) is 26.0 Å². The number of benzene rings is 2. The summed E-state index contributed by atoms with van der Waals surface area (Å²) < 4.78 is 48.3. The summed E-state index contributed by atoms with van der Waals surface area (Å²) in [7, 11) is -4.40. The minimum absolute atomic E-state index is 0.140. The van der Waals surface area contributed by atoms with Crippen molar-refractivity contribution in [3.8, 4) is 5.75 Å². The topological polar surface area (TPSA) is 105 Å². The molecule has 3 N–H and O–H groups in total. The van der Waals surface area contributed by atoms with Crippen LogP contribution >= 0.6 is 27.5 Å². The second kappa shape index (κ2) is 7.99. The molecule has 0 spiro atoms. The molecule has 30 heavy (non-hydrogen) atoms. The summed E-state index contributed by atoms with van der Waals surface area (Å²) in [5.41, 5.74) is 0.0472. The highest BCUT2D eigenvalue weighted by Gasteiger charge is 2.31. The lowest BCUT2D eigenvalue weighted by molar-refractivity contribution is -0.00352. The maximum atomic E-state index is 15.1. The van der Waals surface area contributed by atoms with Crippen LogP contribution in [0, 0.1) is 5.82 Å². The number of phenolic OH excluding ortho intramolecular Hbond substituents is 1. The van der Waals surface area contributed by atoms with E-state index in [0.717, 1.165) is 18.9 Å². The first kappa shape index (κ1) is 21.4. The van der Waals surface area contributed by atoms with Crippen LogP contribution in [0.3, 0.4) is 0 Å². The molecule has 0 radical (unpaired) electrons. The molecule has 0 unspecified atom stereocenters. The summed E-state index contributed by atoms with van der Waals surface area (Å²) in [5, 5.41) is 12.6. The van der Waals surface area contributed by atoms with Crippen molar-refractivity contribution in [1.29, 1.82) is 0 Å². The lowest BCUT2D eigenvalue weighted by Gasteiger charge is -2.27. The predicted octanol–water partition coefficient (Wildman–Crippen LogP) is 3.75. The van der Waals surface area contributed by atoms with Gasteiger partial charge in [0.1, 0.15) is 4.90 Å². The normalized spacial score (nSPS) is 16.8. The fourth-order valence-electron chi connectivity index (χ4n) is 3.07. The van der Waals surface area contributed by atoms with E-state index in [9.17, 15) is 18.3 Å². The highest BCUT2D eigenvalue weighted by molar-refractivity contribution is 9.10. The third kappa shape index (κ3) is 4.27. The fraction of sp³-hybridized carbons (Fsp3) is 0.316. The Labute approximate surface area is 185 Å². The first-order chi connectivity index (χ1) is 14.2. The summed E-state index contributed by atoms with van der Waals surface area (Å²) in [6.45, 7) is 0.691. The molecule has 1 heterocycles. The van der Waals surface area contributed by atoms with Gasteiger partial charge in [0, 0.05) is 4.47 Å². The van der Waals surface area contributed by atoms with E-state index in [1.54, 1.807) is 0 Å². The number of halogens is 3. The molecule has 1 aliphatic heterocycles. The molecular formula is C19H17BrClFN2O5S. The summed E-state index contributed by atoms with van der Waals surface area (Å²) in [4.78, 5) is 12.0. The molecule has 160 valence electrons. The second-order valence-electron chi connectivity index (χ2n) is 7.25. The zero-order valence-electron chi connectivity index (χ0n) is 15.4. The molecule has 2 aromatic rings. The highest BCUT2D eigenvalue weighted by atomic mass is 79.9. The van der Waals surface area contributed by atoms with Gasteiger partial charge in [-0.1, -0.05) is 27.5 Å². The molecule has 2 aliphatic rings. The van der Waals surface area contributed by atoms with Crippen LogP contribution in [0.25, 0.3) is 0 Å². The number of ether oxygens (including phenoxy) is 1. The molecule has 2 fully saturated rings. The van der Waals surface area contributed by atoms with Crippen molar-refractivity contribution in [2.24, 2.45) is 0 Å². The summed E-state index contributed by atoms with van der Waals surface area (Å²) in [6, 6.07) is 5.10. The van der Waals surface area contributed by atoms with E-state index in [4.69, 9.17) is 16.3 Å². The van der Waals surface area contributed by atoms with Crippen LogP contribution in [0.1, 0.15) is 34.7 Å². The van der Waals surface area contributed by atoms with Crippen molar-refractivity contribution in [1.82, 2.24) is 5.32 Å². The lowest BCUT2D eigenvalue weighted by Crippen LogP contribution is -2.48. The SMILES string of the molecule is O=C(NC1COC1)c1cc(C2CC2)cc(NS(=O)(=O)c2cc(Br)cc(Cl)c2O)c1F. The minimum Gasteiger partial charge on any atom is -0.505 e. The average molecular weight is 520 g/mol. The Kier molecular flexibility index (Phi) is 5.69. The number of nitrogens with one attached hydrogen (secondary N) is 2. The zero-order valence-corrected chi connectivity index (χ0v) is 18.6. The number of aromatic hydroxyl groups is 1. The number of anilines is 1. The van der Waals surface area contributed by atoms with Gasteiger partial charge in [-0.25, -0.2) is 12.8 Å². The van der Waals surface area contributed by atoms with Gasteiger partial charge in [-0.05, 0) is 48.6 Å². The van der Waals surface area contributed by atoms with Crippen molar-refractivity contribution in [3.63, 3.8) is 0 Å². The quantitative estimate of drug-likeness (QED) is 0.539. The molecule has 0 atom stereocenters. The third-order valence-electron chi connectivity index (χ3n) is 4.89. The number of hydrogen-bond acceptors (Lipinski definition) is 5. The number of carbonyl (C=O) groups excluding carboxylic acids is 1. The number of carbonyl (C=O) groups is 1. The molecule has 11 heteroatoms. The van der Waals surface area contributed by atoms with Crippen LogP contribution in [-0.4, -0.2) is 38.7 Å². The van der Waals surface area contributed by atoms with Gasteiger partial charge in [0.2, 0.25) is 0 Å². The standard InChI is InChI=1S/C19H17BrClFN2O5S/c20-11-5-14(21)18(25)16(6-11)30(27,28)24-15-4-10(9-1-2-9)3-13(17(15)22)19(26)23-12-7-29-8-12/h3-6,9,12,24-25H,1-2,7-8H2,(H,23,26). The first-order valence-corrected chi connectivity index (χ1v) is 11.7. The summed E-state index contributed by atoms with van der Waals surface area (Å²) in [5.74, 6) is -2.16. The molecule has 0 aromatic heterocycles. The molecule has 1 amide bonds. The molecule has 4 rings (SSSR count). The Hall–Kier alpha value is -1.88. The van der Waals surface area contributed by atoms with Crippen LogP contribution in [-0.2, 0) is 14.8 Å². The number of sulfonamides is 1. The Balaban J connectivity index is 1.72. The third-order valence-corrected chi connectivity index (χ3v) is 7.01. The van der Waals surface area contributed by atoms with Gasteiger partial charge < -0.3 is 15.2 Å². The lowest BCUT2D eigenvalue weighted by atomic mass is 10.0. The first-order valence-electron chi connectivity index (χ1n) is 9.08. The van der Waals surface area contributed by atoms with E-state index in [0.29, 0.717) is 23.2 Å². The van der Waals surface area contributed by atoms with Crippen molar-refractivity contribution in [3.05, 3.63) is 50.7 Å². The maximum Gasteiger partial charge on any atom is 0.265 e. The monoisotopic (exact) mass is 518 g/mol. The van der Waals surface area contributed by atoms with Crippen molar-refractivity contribution in [2.45, 2.75) is 29.7 Å². The summed E-state index contributed by atoms with van der Waals surface area (Å²) in [6.07, 6.45) is 1.74. The van der Waals surface area contributed by atoms with Crippen LogP contribution in [0.15, 0.2) is 33.6 Å². The number of rotatable bonds is 6. The van der Waals surface area contributed by atoms with Gasteiger partial charge in [0.25, 0.3) is 15.9 Å². The van der Waals surface area contributed by atoms with Crippen LogP contribution in [0.2, 0.25) is 5.02 Å². The maximum absolute atomic E-state index is 15.1. The second-order valence-corrected chi connectivity index (χ2v) is 10.2. The Bertz CT molecular complexity index is 1140. The van der Waals surface area contributed by atoms with Crippen LogP contribution in [0.5, 0.6) is 5.75 Å². The summed E-state index contributed by atoms with van der Waals surface area (Å²) >= 11 is 8.98. The van der Waals surface area contributed by atoms with Gasteiger partial charge >= 0.3 is 0 Å². The van der Waals surface area contributed by atoms with E-state index < -0.39 is 32.4 Å². The highest BCUT2D eigenvalue weighted by Crippen LogP contribution is 2.42. The Morgan fingerprint density at radius 3 is 2.53 bits per heavy atom. The number of hydrogen-bond donors (Lipinski definition) is 3. The van der Waals surface area contributed by atoms with Crippen LogP contribution in [0.4, 0.5) is 10.1 Å². The Morgan fingerprint density at radius 1 is 1.23 bits per heavy atom.